The van der Waals surface area contributed by atoms with Crippen molar-refractivity contribution in [1.29, 1.82) is 0 Å². The fraction of sp³-hybridized carbons (Fsp3) is 0.400. The predicted octanol–water partition coefficient (Wildman–Crippen LogP) is 3.71. The van der Waals surface area contributed by atoms with Crippen molar-refractivity contribution in [2.45, 2.75) is 56.5 Å². The van der Waals surface area contributed by atoms with Gasteiger partial charge in [-0.15, -0.1) is 0 Å². The Morgan fingerprint density at radius 3 is 2.53 bits per heavy atom. The molecule has 34 heavy (non-hydrogen) atoms. The number of nitrogens with zero attached hydrogens (tertiary/aromatic N) is 4. The molecule has 1 aromatic carbocycles. The predicted molar refractivity (Wildman–Crippen MR) is 128 cm³/mol. The molecule has 0 saturated heterocycles. The molecule has 0 spiro atoms. The van der Waals surface area contributed by atoms with Crippen molar-refractivity contribution in [3.05, 3.63) is 66.0 Å². The van der Waals surface area contributed by atoms with Gasteiger partial charge in [-0.2, -0.15) is 0 Å². The van der Waals surface area contributed by atoms with E-state index in [2.05, 4.69) is 19.9 Å². The van der Waals surface area contributed by atoms with Crippen LogP contribution < -0.4 is 4.74 Å². The van der Waals surface area contributed by atoms with Crippen molar-refractivity contribution in [1.82, 2.24) is 19.9 Å². The largest absolute Gasteiger partial charge is 0.477 e. The summed E-state index contributed by atoms with van der Waals surface area (Å²) in [5.41, 5.74) is 3.04. The highest BCUT2D eigenvalue weighted by Crippen LogP contribution is 2.30. The Balaban J connectivity index is 1.45. The molecule has 1 aliphatic rings. The number of hydrogen-bond acceptors (Lipinski definition) is 8. The molecule has 4 rings (SSSR count). The number of benzene rings is 1. The summed E-state index contributed by atoms with van der Waals surface area (Å²) < 4.78 is 30.0. The van der Waals surface area contributed by atoms with Gasteiger partial charge in [-0.05, 0) is 37.8 Å². The van der Waals surface area contributed by atoms with Crippen LogP contribution >= 0.6 is 0 Å². The van der Waals surface area contributed by atoms with Crippen LogP contribution in [0.4, 0.5) is 0 Å². The Hall–Kier alpha value is -3.20. The van der Waals surface area contributed by atoms with E-state index in [0.717, 1.165) is 11.1 Å². The number of Topliss-reactive ketones (excluding diaryl/α,β-unsaturated/α-hetero) is 1. The summed E-state index contributed by atoms with van der Waals surface area (Å²) in [6, 6.07) is 9.33. The zero-order valence-corrected chi connectivity index (χ0v) is 20.2. The third-order valence-electron chi connectivity index (χ3n) is 5.78. The molecule has 3 aromatic rings. The number of ketones is 1. The summed E-state index contributed by atoms with van der Waals surface area (Å²) in [6.07, 6.45) is 7.04. The molecule has 0 radical (unpaired) electrons. The second-order valence-corrected chi connectivity index (χ2v) is 10.7. The first-order valence-electron chi connectivity index (χ1n) is 11.5. The number of hydrogen-bond donors (Lipinski definition) is 0. The molecule has 9 heteroatoms. The fourth-order valence-electron chi connectivity index (χ4n) is 3.83. The van der Waals surface area contributed by atoms with Gasteiger partial charge >= 0.3 is 0 Å². The molecule has 1 aliphatic carbocycles. The molecule has 1 fully saturated rings. The average molecular weight is 481 g/mol. The zero-order valence-electron chi connectivity index (χ0n) is 19.3. The first kappa shape index (κ1) is 23.9. The van der Waals surface area contributed by atoms with E-state index in [9.17, 15) is 13.2 Å². The maximum atomic E-state index is 13.1. The maximum absolute atomic E-state index is 13.1. The van der Waals surface area contributed by atoms with Gasteiger partial charge in [0.25, 0.3) is 0 Å². The summed E-state index contributed by atoms with van der Waals surface area (Å²) in [6.45, 7) is 4.34. The van der Waals surface area contributed by atoms with E-state index in [0.29, 0.717) is 43.1 Å². The summed E-state index contributed by atoms with van der Waals surface area (Å²) in [4.78, 5) is 30.3. The molecule has 0 N–H and O–H groups in total. The molecular formula is C25H28N4O4S. The number of carbonyl (C=O) groups is 1. The molecular weight excluding hydrogens is 452 g/mol. The lowest BCUT2D eigenvalue weighted by Crippen LogP contribution is -2.18. The Kier molecular flexibility index (Phi) is 7.31. The maximum Gasteiger partial charge on any atom is 0.232 e. The Labute approximate surface area is 199 Å². The summed E-state index contributed by atoms with van der Waals surface area (Å²) in [5.74, 6) is 0.168. The third kappa shape index (κ3) is 5.83. The minimum atomic E-state index is -3.22. The van der Waals surface area contributed by atoms with Gasteiger partial charge in [0.05, 0.1) is 41.6 Å². The summed E-state index contributed by atoms with van der Waals surface area (Å²) in [7, 11) is -3.22. The van der Waals surface area contributed by atoms with Crippen molar-refractivity contribution >= 4 is 15.6 Å². The molecule has 0 amide bonds. The lowest BCUT2D eigenvalue weighted by molar-refractivity contribution is -0.120. The van der Waals surface area contributed by atoms with Crippen LogP contribution in [-0.4, -0.2) is 46.0 Å². The first-order valence-corrected chi connectivity index (χ1v) is 13.2. The summed E-state index contributed by atoms with van der Waals surface area (Å²) in [5, 5.41) is -0.265. The molecule has 0 aliphatic heterocycles. The molecule has 1 unspecified atom stereocenters. The topological polar surface area (TPSA) is 112 Å². The summed E-state index contributed by atoms with van der Waals surface area (Å²) >= 11 is 0. The van der Waals surface area contributed by atoms with Crippen LogP contribution in [0.1, 0.15) is 56.1 Å². The van der Waals surface area contributed by atoms with Crippen LogP contribution in [-0.2, 0) is 26.8 Å². The number of carbonyl (C=O) groups excluding carboxylic acids is 1. The Morgan fingerprint density at radius 2 is 1.85 bits per heavy atom. The van der Waals surface area contributed by atoms with Crippen molar-refractivity contribution in [2.24, 2.45) is 0 Å². The average Bonchev–Trinajstić information content (AvgIpc) is 3.67. The monoisotopic (exact) mass is 480 g/mol. The Bertz CT molecular complexity index is 1260. The lowest BCUT2D eigenvalue weighted by Gasteiger charge is -2.14. The van der Waals surface area contributed by atoms with Crippen LogP contribution in [0.25, 0.3) is 11.3 Å². The number of aromatic nitrogens is 4. The van der Waals surface area contributed by atoms with E-state index in [4.69, 9.17) is 4.74 Å². The van der Waals surface area contributed by atoms with E-state index >= 15 is 0 Å². The van der Waals surface area contributed by atoms with Gasteiger partial charge in [-0.25, -0.2) is 23.4 Å². The minimum absolute atomic E-state index is 0.0306. The second-order valence-electron chi connectivity index (χ2n) is 8.38. The van der Waals surface area contributed by atoms with Gasteiger partial charge in [-0.3, -0.25) is 9.78 Å². The van der Waals surface area contributed by atoms with Crippen molar-refractivity contribution in [2.75, 3.05) is 6.61 Å². The minimum Gasteiger partial charge on any atom is -0.477 e. The molecule has 1 atom stereocenters. The van der Waals surface area contributed by atoms with E-state index < -0.39 is 15.8 Å². The Morgan fingerprint density at radius 1 is 1.09 bits per heavy atom. The lowest BCUT2D eigenvalue weighted by atomic mass is 9.92. The number of sulfone groups is 1. The van der Waals surface area contributed by atoms with Gasteiger partial charge < -0.3 is 4.74 Å². The van der Waals surface area contributed by atoms with Crippen molar-refractivity contribution in [3.8, 4) is 17.1 Å². The normalized spacial score (nSPS) is 14.5. The van der Waals surface area contributed by atoms with E-state index in [1.807, 2.05) is 38.1 Å². The number of rotatable bonds is 11. The van der Waals surface area contributed by atoms with E-state index in [-0.39, 0.29) is 29.0 Å². The molecule has 2 heterocycles. The van der Waals surface area contributed by atoms with E-state index in [1.54, 1.807) is 24.7 Å². The highest BCUT2D eigenvalue weighted by Gasteiger charge is 2.36. The molecule has 178 valence electrons. The van der Waals surface area contributed by atoms with Crippen LogP contribution in [0.3, 0.4) is 0 Å². The smallest absolute Gasteiger partial charge is 0.232 e. The van der Waals surface area contributed by atoms with Crippen LogP contribution in [0.5, 0.6) is 5.88 Å². The van der Waals surface area contributed by atoms with Crippen LogP contribution in [0, 0.1) is 0 Å². The highest BCUT2D eigenvalue weighted by atomic mass is 32.2. The molecule has 2 aromatic heterocycles. The third-order valence-corrected chi connectivity index (χ3v) is 7.92. The van der Waals surface area contributed by atoms with Crippen LogP contribution in [0.2, 0.25) is 0 Å². The zero-order chi connectivity index (χ0) is 24.1. The van der Waals surface area contributed by atoms with Gasteiger partial charge in [-0.1, -0.05) is 31.2 Å². The van der Waals surface area contributed by atoms with Crippen molar-refractivity contribution in [3.63, 3.8) is 0 Å². The first-order chi connectivity index (χ1) is 16.4. The quantitative estimate of drug-likeness (QED) is 0.408. The van der Waals surface area contributed by atoms with Gasteiger partial charge in [0.1, 0.15) is 17.4 Å². The fourth-order valence-corrected chi connectivity index (χ4v) is 5.42. The molecule has 1 saturated carbocycles. The second kappa shape index (κ2) is 10.4. The molecule has 8 nitrogen and oxygen atoms in total. The van der Waals surface area contributed by atoms with Crippen LogP contribution in [0.15, 0.2) is 48.9 Å². The standard InChI is InChI=1S/C25H28N4O4S/c1-3-20(21-11-12-27-24(28-21)16-34(31,32)19-9-10-19)23(30)13-17-5-7-18(8-6-17)22-14-26-15-25(29-22)33-4-2/h5-8,11-12,14-15,19-20H,3-4,9-10,13,16H2,1-2H3. The molecule has 0 bridgehead atoms. The highest BCUT2D eigenvalue weighted by molar-refractivity contribution is 7.91. The van der Waals surface area contributed by atoms with Gasteiger partial charge in [0.15, 0.2) is 9.84 Å². The van der Waals surface area contributed by atoms with Gasteiger partial charge in [0.2, 0.25) is 5.88 Å². The van der Waals surface area contributed by atoms with Gasteiger partial charge in [0, 0.05) is 18.2 Å². The van der Waals surface area contributed by atoms with Crippen molar-refractivity contribution < 1.29 is 17.9 Å². The number of ether oxygens (including phenoxy) is 1. The van der Waals surface area contributed by atoms with E-state index in [1.165, 1.54) is 0 Å². The SMILES string of the molecule is CCOc1cncc(-c2ccc(CC(=O)C(CC)c3ccnc(CS(=O)(=O)C4CC4)n3)cc2)n1.